The monoisotopic (exact) mass is 316 g/mol. The van der Waals surface area contributed by atoms with Crippen LogP contribution in [0.4, 0.5) is 4.39 Å². The van der Waals surface area contributed by atoms with Crippen molar-refractivity contribution in [2.45, 2.75) is 19.4 Å². The molecule has 0 saturated carbocycles. The van der Waals surface area contributed by atoms with E-state index in [9.17, 15) is 9.18 Å². The average molecular weight is 317 g/mol. The number of amides is 1. The van der Waals surface area contributed by atoms with Gasteiger partial charge in [-0.05, 0) is 62.1 Å². The molecule has 100 valence electrons. The molecule has 0 fully saturated rings. The van der Waals surface area contributed by atoms with Gasteiger partial charge in [-0.3, -0.25) is 4.79 Å². The molecule has 0 aromatic heterocycles. The van der Waals surface area contributed by atoms with E-state index in [4.69, 9.17) is 0 Å². The Bertz CT molecular complexity index is 447. The standard InChI is InChI=1S/C13H18BrFN2O/c1-13(2,17(3)4)8-16-12(18)9-5-6-11(15)10(14)7-9/h5-7H,8H2,1-4H3,(H,16,18). The van der Waals surface area contributed by atoms with Crippen molar-refractivity contribution in [2.24, 2.45) is 0 Å². The van der Waals surface area contributed by atoms with E-state index >= 15 is 0 Å². The highest BCUT2D eigenvalue weighted by molar-refractivity contribution is 9.10. The summed E-state index contributed by atoms with van der Waals surface area (Å²) in [6, 6.07) is 4.22. The first-order chi connectivity index (χ1) is 8.24. The number of rotatable bonds is 4. The first kappa shape index (κ1) is 15.1. The zero-order valence-electron chi connectivity index (χ0n) is 11.1. The van der Waals surface area contributed by atoms with E-state index in [1.807, 2.05) is 32.8 Å². The molecule has 0 aliphatic carbocycles. The molecule has 1 N–H and O–H groups in total. The van der Waals surface area contributed by atoms with Crippen molar-refractivity contribution in [3.8, 4) is 0 Å². The molecule has 0 unspecified atom stereocenters. The third-order valence-electron chi connectivity index (χ3n) is 3.07. The van der Waals surface area contributed by atoms with Crippen LogP contribution in [-0.4, -0.2) is 37.0 Å². The SMILES string of the molecule is CN(C)C(C)(C)CNC(=O)c1ccc(F)c(Br)c1. The lowest BCUT2D eigenvalue weighted by Gasteiger charge is -2.32. The van der Waals surface area contributed by atoms with Crippen LogP contribution in [-0.2, 0) is 0 Å². The van der Waals surface area contributed by atoms with Crippen LogP contribution in [0.5, 0.6) is 0 Å². The molecule has 0 aliphatic heterocycles. The van der Waals surface area contributed by atoms with Gasteiger partial charge in [-0.15, -0.1) is 0 Å². The molecular formula is C13H18BrFN2O. The van der Waals surface area contributed by atoms with Gasteiger partial charge < -0.3 is 10.2 Å². The van der Waals surface area contributed by atoms with Crippen LogP contribution >= 0.6 is 15.9 Å². The summed E-state index contributed by atoms with van der Waals surface area (Å²) in [4.78, 5) is 13.9. The number of benzene rings is 1. The van der Waals surface area contributed by atoms with Crippen LogP contribution < -0.4 is 5.32 Å². The molecule has 3 nitrogen and oxygen atoms in total. The Morgan fingerprint density at radius 3 is 2.56 bits per heavy atom. The first-order valence-electron chi connectivity index (χ1n) is 5.65. The van der Waals surface area contributed by atoms with Gasteiger partial charge in [0.05, 0.1) is 4.47 Å². The van der Waals surface area contributed by atoms with Gasteiger partial charge in [-0.2, -0.15) is 0 Å². The Kier molecular flexibility index (Phi) is 4.87. The zero-order valence-corrected chi connectivity index (χ0v) is 12.6. The number of carbonyl (C=O) groups excluding carboxylic acids is 1. The number of halogens is 2. The molecule has 0 saturated heterocycles. The Balaban J connectivity index is 2.69. The predicted octanol–water partition coefficient (Wildman–Crippen LogP) is 2.66. The van der Waals surface area contributed by atoms with E-state index in [1.54, 1.807) is 0 Å². The van der Waals surface area contributed by atoms with Crippen molar-refractivity contribution in [1.82, 2.24) is 10.2 Å². The zero-order chi connectivity index (χ0) is 13.9. The first-order valence-corrected chi connectivity index (χ1v) is 6.44. The van der Waals surface area contributed by atoms with Crippen LogP contribution in [0.25, 0.3) is 0 Å². The maximum absolute atomic E-state index is 13.1. The molecule has 0 aliphatic rings. The van der Waals surface area contributed by atoms with Gasteiger partial charge >= 0.3 is 0 Å². The minimum Gasteiger partial charge on any atom is -0.350 e. The van der Waals surface area contributed by atoms with Crippen LogP contribution in [0, 0.1) is 5.82 Å². The molecule has 0 radical (unpaired) electrons. The van der Waals surface area contributed by atoms with Gasteiger partial charge in [0.15, 0.2) is 0 Å². The highest BCUT2D eigenvalue weighted by Gasteiger charge is 2.21. The Morgan fingerprint density at radius 2 is 2.06 bits per heavy atom. The number of likely N-dealkylation sites (N-methyl/N-ethyl adjacent to an activating group) is 1. The fourth-order valence-corrected chi connectivity index (χ4v) is 1.57. The second kappa shape index (κ2) is 5.80. The van der Waals surface area contributed by atoms with Crippen molar-refractivity contribution in [2.75, 3.05) is 20.6 Å². The van der Waals surface area contributed by atoms with E-state index in [-0.39, 0.29) is 17.3 Å². The van der Waals surface area contributed by atoms with E-state index < -0.39 is 0 Å². The second-order valence-electron chi connectivity index (χ2n) is 5.02. The smallest absolute Gasteiger partial charge is 0.251 e. The van der Waals surface area contributed by atoms with E-state index in [2.05, 4.69) is 21.2 Å². The second-order valence-corrected chi connectivity index (χ2v) is 5.87. The largest absolute Gasteiger partial charge is 0.350 e. The molecule has 1 aromatic rings. The molecule has 1 rings (SSSR count). The molecule has 5 heteroatoms. The van der Waals surface area contributed by atoms with E-state index in [0.29, 0.717) is 16.6 Å². The van der Waals surface area contributed by atoms with Gasteiger partial charge in [-0.25, -0.2) is 4.39 Å². The van der Waals surface area contributed by atoms with E-state index in [1.165, 1.54) is 18.2 Å². The number of nitrogens with one attached hydrogen (secondary N) is 1. The molecule has 0 heterocycles. The summed E-state index contributed by atoms with van der Waals surface area (Å²) >= 11 is 3.06. The van der Waals surface area contributed by atoms with Crippen molar-refractivity contribution >= 4 is 21.8 Å². The Labute approximate surface area is 115 Å². The average Bonchev–Trinajstić information content (AvgIpc) is 2.29. The van der Waals surface area contributed by atoms with Crippen molar-refractivity contribution in [3.05, 3.63) is 34.1 Å². The number of nitrogens with zero attached hydrogens (tertiary/aromatic N) is 1. The maximum Gasteiger partial charge on any atom is 0.251 e. The minimum atomic E-state index is -0.375. The number of hydrogen-bond acceptors (Lipinski definition) is 2. The van der Waals surface area contributed by atoms with Crippen molar-refractivity contribution in [1.29, 1.82) is 0 Å². The summed E-state index contributed by atoms with van der Waals surface area (Å²) in [5, 5.41) is 2.84. The maximum atomic E-state index is 13.1. The quantitative estimate of drug-likeness (QED) is 0.926. The highest BCUT2D eigenvalue weighted by Crippen LogP contribution is 2.17. The summed E-state index contributed by atoms with van der Waals surface area (Å²) in [6.07, 6.45) is 0. The van der Waals surface area contributed by atoms with Gasteiger partial charge in [0.1, 0.15) is 5.82 Å². The van der Waals surface area contributed by atoms with Crippen molar-refractivity contribution in [3.63, 3.8) is 0 Å². The van der Waals surface area contributed by atoms with Crippen LogP contribution in [0.1, 0.15) is 24.2 Å². The highest BCUT2D eigenvalue weighted by atomic mass is 79.9. The van der Waals surface area contributed by atoms with Gasteiger partial charge in [0.2, 0.25) is 0 Å². The fraction of sp³-hybridized carbons (Fsp3) is 0.462. The minimum absolute atomic E-state index is 0.132. The van der Waals surface area contributed by atoms with Crippen LogP contribution in [0.3, 0.4) is 0 Å². The van der Waals surface area contributed by atoms with Crippen LogP contribution in [0.2, 0.25) is 0 Å². The topological polar surface area (TPSA) is 32.3 Å². The normalized spacial score (nSPS) is 11.7. The fourth-order valence-electron chi connectivity index (χ4n) is 1.19. The molecule has 1 amide bonds. The molecule has 0 spiro atoms. The molecule has 0 atom stereocenters. The molecular weight excluding hydrogens is 299 g/mol. The predicted molar refractivity (Wildman–Crippen MR) is 74.2 cm³/mol. The lowest BCUT2D eigenvalue weighted by Crippen LogP contribution is -2.48. The molecule has 0 bridgehead atoms. The Hall–Kier alpha value is -0.940. The van der Waals surface area contributed by atoms with Gasteiger partial charge in [0.25, 0.3) is 5.91 Å². The van der Waals surface area contributed by atoms with Gasteiger partial charge in [-0.1, -0.05) is 0 Å². The van der Waals surface area contributed by atoms with Gasteiger partial charge in [0, 0.05) is 17.6 Å². The molecule has 1 aromatic carbocycles. The third kappa shape index (κ3) is 3.78. The number of hydrogen-bond donors (Lipinski definition) is 1. The van der Waals surface area contributed by atoms with E-state index in [0.717, 1.165) is 0 Å². The lowest BCUT2D eigenvalue weighted by atomic mass is 10.0. The summed E-state index contributed by atoms with van der Waals surface area (Å²) in [5.41, 5.74) is 0.310. The third-order valence-corrected chi connectivity index (χ3v) is 3.68. The summed E-state index contributed by atoms with van der Waals surface area (Å²) < 4.78 is 13.4. The summed E-state index contributed by atoms with van der Waals surface area (Å²) in [5.74, 6) is -0.578. The molecule has 18 heavy (non-hydrogen) atoms. The van der Waals surface area contributed by atoms with Crippen LogP contribution in [0.15, 0.2) is 22.7 Å². The lowest BCUT2D eigenvalue weighted by molar-refractivity contribution is 0.0919. The Morgan fingerprint density at radius 1 is 1.44 bits per heavy atom. The van der Waals surface area contributed by atoms with Crippen molar-refractivity contribution < 1.29 is 9.18 Å². The summed E-state index contributed by atoms with van der Waals surface area (Å²) in [6.45, 7) is 4.59. The number of carbonyl (C=O) groups is 1. The summed E-state index contributed by atoms with van der Waals surface area (Å²) in [7, 11) is 3.92.